The first-order valence-corrected chi connectivity index (χ1v) is 6.96. The molecule has 1 fully saturated rings. The summed E-state index contributed by atoms with van der Waals surface area (Å²) in [6, 6.07) is 0. The van der Waals surface area contributed by atoms with Gasteiger partial charge in [-0.1, -0.05) is 0 Å². The molecule has 2 heterocycles. The highest BCUT2D eigenvalue weighted by molar-refractivity contribution is 5.79. The predicted molar refractivity (Wildman–Crippen MR) is 74.4 cm³/mol. The van der Waals surface area contributed by atoms with E-state index in [4.69, 9.17) is 4.74 Å². The second-order valence-electron chi connectivity index (χ2n) is 5.68. The number of aryl methyl sites for hydroxylation is 2. The molecule has 1 aliphatic heterocycles. The number of carbonyl (C=O) groups is 1. The Morgan fingerprint density at radius 2 is 2.10 bits per heavy atom. The number of nitrogens with one attached hydrogen (secondary N) is 1. The Hall–Kier alpha value is -1.40. The Morgan fingerprint density at radius 1 is 1.45 bits per heavy atom. The van der Waals surface area contributed by atoms with E-state index >= 15 is 0 Å². The first kappa shape index (κ1) is 15.0. The highest BCUT2D eigenvalue weighted by atomic mass is 16.5. The van der Waals surface area contributed by atoms with Crippen molar-refractivity contribution in [1.29, 1.82) is 0 Å². The van der Waals surface area contributed by atoms with Crippen LogP contribution in [0.3, 0.4) is 0 Å². The molecule has 112 valence electrons. The van der Waals surface area contributed by atoms with Crippen LogP contribution < -0.4 is 0 Å². The molecule has 2 N–H and O–H groups in total. The molecule has 0 spiro atoms. The number of hydrogen-bond donors (Lipinski definition) is 2. The van der Waals surface area contributed by atoms with Crippen LogP contribution >= 0.6 is 0 Å². The van der Waals surface area contributed by atoms with Crippen molar-refractivity contribution in [2.45, 2.75) is 38.7 Å². The highest BCUT2D eigenvalue weighted by Gasteiger charge is 2.32. The molecule has 0 aliphatic carbocycles. The Morgan fingerprint density at radius 3 is 2.65 bits per heavy atom. The van der Waals surface area contributed by atoms with Gasteiger partial charge < -0.3 is 14.7 Å². The molecular weight excluding hydrogens is 258 g/mol. The van der Waals surface area contributed by atoms with Crippen molar-refractivity contribution in [3.8, 4) is 0 Å². The molecule has 2 rings (SSSR count). The van der Waals surface area contributed by atoms with E-state index in [1.165, 1.54) is 0 Å². The molecule has 1 aliphatic rings. The molecule has 1 aromatic rings. The van der Waals surface area contributed by atoms with Crippen LogP contribution in [0.15, 0.2) is 0 Å². The lowest BCUT2D eigenvalue weighted by Crippen LogP contribution is -2.47. The average molecular weight is 281 g/mol. The fraction of sp³-hybridized carbons (Fsp3) is 0.714. The normalized spacial score (nSPS) is 18.0. The van der Waals surface area contributed by atoms with Gasteiger partial charge in [0.05, 0.1) is 17.7 Å². The van der Waals surface area contributed by atoms with Crippen LogP contribution in [0.5, 0.6) is 0 Å². The van der Waals surface area contributed by atoms with Gasteiger partial charge in [0.15, 0.2) is 0 Å². The Bertz CT molecular complexity index is 459. The van der Waals surface area contributed by atoms with Gasteiger partial charge in [-0.15, -0.1) is 0 Å². The minimum atomic E-state index is -0.816. The molecule has 0 aromatic carbocycles. The zero-order chi connectivity index (χ0) is 14.8. The van der Waals surface area contributed by atoms with E-state index in [-0.39, 0.29) is 5.91 Å². The summed E-state index contributed by atoms with van der Waals surface area (Å²) in [6.45, 7) is 5.26. The van der Waals surface area contributed by atoms with E-state index in [9.17, 15) is 9.90 Å². The van der Waals surface area contributed by atoms with E-state index in [1.807, 2.05) is 13.8 Å². The molecule has 20 heavy (non-hydrogen) atoms. The van der Waals surface area contributed by atoms with Crippen molar-refractivity contribution in [2.24, 2.45) is 0 Å². The van der Waals surface area contributed by atoms with Crippen LogP contribution in [-0.4, -0.2) is 58.5 Å². The fourth-order valence-electron chi connectivity index (χ4n) is 2.56. The van der Waals surface area contributed by atoms with Crippen LogP contribution in [0.2, 0.25) is 0 Å². The first-order valence-electron chi connectivity index (χ1n) is 6.96. The Balaban J connectivity index is 1.95. The predicted octanol–water partition coefficient (Wildman–Crippen LogP) is 0.569. The van der Waals surface area contributed by atoms with Crippen molar-refractivity contribution < 1.29 is 14.6 Å². The number of nitrogens with zero attached hydrogens (tertiary/aromatic N) is 2. The molecule has 0 atom stereocenters. The van der Waals surface area contributed by atoms with E-state index < -0.39 is 5.60 Å². The summed E-state index contributed by atoms with van der Waals surface area (Å²) in [6.07, 6.45) is 1.47. The van der Waals surface area contributed by atoms with Gasteiger partial charge in [-0.2, -0.15) is 5.10 Å². The molecule has 1 saturated heterocycles. The monoisotopic (exact) mass is 281 g/mol. The number of H-pyrrole nitrogens is 1. The summed E-state index contributed by atoms with van der Waals surface area (Å²) in [5.41, 5.74) is 1.91. The fourth-order valence-corrected chi connectivity index (χ4v) is 2.56. The Kier molecular flexibility index (Phi) is 4.45. The quantitative estimate of drug-likeness (QED) is 0.845. The second-order valence-corrected chi connectivity index (χ2v) is 5.68. The zero-order valence-electron chi connectivity index (χ0n) is 12.4. The van der Waals surface area contributed by atoms with Gasteiger partial charge in [0, 0.05) is 50.9 Å². The van der Waals surface area contributed by atoms with Gasteiger partial charge in [0.25, 0.3) is 0 Å². The van der Waals surface area contributed by atoms with Gasteiger partial charge in [-0.25, -0.2) is 0 Å². The lowest BCUT2D eigenvalue weighted by Gasteiger charge is -2.35. The first-order chi connectivity index (χ1) is 9.41. The molecule has 0 radical (unpaired) electrons. The number of carbonyl (C=O) groups excluding carboxylic acids is 1. The molecule has 6 nitrogen and oxygen atoms in total. The van der Waals surface area contributed by atoms with E-state index in [0.29, 0.717) is 39.0 Å². The van der Waals surface area contributed by atoms with Gasteiger partial charge in [-0.3, -0.25) is 9.89 Å². The zero-order valence-corrected chi connectivity index (χ0v) is 12.4. The summed E-state index contributed by atoms with van der Waals surface area (Å²) in [7, 11) is 1.74. The number of rotatable bonds is 4. The number of aromatic amines is 1. The van der Waals surface area contributed by atoms with Gasteiger partial charge in [0.2, 0.25) is 5.91 Å². The minimum Gasteiger partial charge on any atom is -0.388 e. The van der Waals surface area contributed by atoms with E-state index in [1.54, 1.807) is 11.9 Å². The van der Waals surface area contributed by atoms with Crippen molar-refractivity contribution >= 4 is 5.91 Å². The third-order valence-electron chi connectivity index (χ3n) is 3.99. The lowest BCUT2D eigenvalue weighted by atomic mass is 9.93. The van der Waals surface area contributed by atoms with Crippen LogP contribution in [0, 0.1) is 13.8 Å². The smallest absolute Gasteiger partial charge is 0.226 e. The molecule has 0 saturated carbocycles. The largest absolute Gasteiger partial charge is 0.388 e. The highest BCUT2D eigenvalue weighted by Crippen LogP contribution is 2.21. The number of aliphatic hydroxyl groups is 1. The molecular formula is C14H23N3O3. The van der Waals surface area contributed by atoms with Crippen molar-refractivity contribution in [3.63, 3.8) is 0 Å². The summed E-state index contributed by atoms with van der Waals surface area (Å²) in [4.78, 5) is 13.9. The van der Waals surface area contributed by atoms with Crippen molar-refractivity contribution in [2.75, 3.05) is 26.8 Å². The van der Waals surface area contributed by atoms with Gasteiger partial charge >= 0.3 is 0 Å². The van der Waals surface area contributed by atoms with Crippen molar-refractivity contribution in [3.05, 3.63) is 17.0 Å². The van der Waals surface area contributed by atoms with Gasteiger partial charge in [-0.05, 0) is 13.8 Å². The molecule has 6 heteroatoms. The molecule has 1 aromatic heterocycles. The standard InChI is InChI=1S/C14H23N3O3/c1-10-12(11(2)16-15-10)8-13(18)17(3)9-14(19)4-6-20-7-5-14/h19H,4-9H2,1-3H3,(H,15,16). The van der Waals surface area contributed by atoms with Crippen LogP contribution in [0.1, 0.15) is 29.8 Å². The number of aromatic nitrogens is 2. The third kappa shape index (κ3) is 3.37. The number of amides is 1. The van der Waals surface area contributed by atoms with E-state index in [0.717, 1.165) is 17.0 Å². The summed E-state index contributed by atoms with van der Waals surface area (Å²) in [5, 5.41) is 17.4. The Labute approximate surface area is 119 Å². The number of likely N-dealkylation sites (N-methyl/N-ethyl adjacent to an activating group) is 1. The van der Waals surface area contributed by atoms with Crippen LogP contribution in [0.25, 0.3) is 0 Å². The average Bonchev–Trinajstić information content (AvgIpc) is 2.70. The van der Waals surface area contributed by atoms with Gasteiger partial charge in [0.1, 0.15) is 0 Å². The minimum absolute atomic E-state index is 0.00230. The lowest BCUT2D eigenvalue weighted by molar-refractivity contribution is -0.136. The third-order valence-corrected chi connectivity index (χ3v) is 3.99. The van der Waals surface area contributed by atoms with Crippen LogP contribution in [-0.2, 0) is 16.0 Å². The van der Waals surface area contributed by atoms with Crippen LogP contribution in [0.4, 0.5) is 0 Å². The van der Waals surface area contributed by atoms with Crippen molar-refractivity contribution in [1.82, 2.24) is 15.1 Å². The maximum absolute atomic E-state index is 12.3. The second kappa shape index (κ2) is 5.93. The number of ether oxygens (including phenoxy) is 1. The SMILES string of the molecule is Cc1n[nH]c(C)c1CC(=O)N(C)CC1(O)CCOCC1. The topological polar surface area (TPSA) is 78.5 Å². The summed E-state index contributed by atoms with van der Waals surface area (Å²) >= 11 is 0. The molecule has 0 bridgehead atoms. The maximum Gasteiger partial charge on any atom is 0.226 e. The maximum atomic E-state index is 12.3. The molecule has 1 amide bonds. The number of hydrogen-bond acceptors (Lipinski definition) is 4. The summed E-state index contributed by atoms with van der Waals surface area (Å²) < 4.78 is 5.25. The molecule has 0 unspecified atom stereocenters. The summed E-state index contributed by atoms with van der Waals surface area (Å²) in [5.74, 6) is -0.00230. The van der Waals surface area contributed by atoms with E-state index in [2.05, 4.69) is 10.2 Å².